The van der Waals surface area contributed by atoms with Crippen LogP contribution in [-0.2, 0) is 0 Å². The van der Waals surface area contributed by atoms with Crippen LogP contribution in [0.3, 0.4) is 0 Å². The van der Waals surface area contributed by atoms with Crippen LogP contribution in [-0.4, -0.2) is 43.2 Å². The monoisotopic (exact) mass is 515 g/mol. The van der Waals surface area contributed by atoms with E-state index in [4.69, 9.17) is 0 Å². The number of nitrogens with zero attached hydrogens (tertiary/aromatic N) is 2. The first kappa shape index (κ1) is 25.9. The van der Waals surface area contributed by atoms with Crippen molar-refractivity contribution < 1.29 is 17.0 Å². The van der Waals surface area contributed by atoms with Crippen molar-refractivity contribution in [1.82, 2.24) is 9.80 Å². The zero-order valence-electron chi connectivity index (χ0n) is 11.4. The normalized spacial score (nSPS) is 17.1. The van der Waals surface area contributed by atoms with Crippen molar-refractivity contribution in [3.8, 4) is 0 Å². The van der Waals surface area contributed by atoms with Crippen LogP contribution in [0.4, 0.5) is 0 Å². The molecule has 2 nitrogen and oxygen atoms in total. The standard InChI is InChI=1S/C6H14N2.BrH.H12P10/c1-3-8-5-4-7(2)6-8;;1-7(2)10(8(3)4)9(5)6/h3-6H2,1-2H3;1H;1-6H2/p-1. The van der Waals surface area contributed by atoms with Gasteiger partial charge in [0.2, 0.25) is 0 Å². The topological polar surface area (TPSA) is 6.48 Å². The van der Waals surface area contributed by atoms with Gasteiger partial charge in [0.1, 0.15) is 0 Å². The van der Waals surface area contributed by atoms with E-state index in [1.807, 2.05) is 0 Å². The molecular formula is C6H26BrN2P10-. The lowest BCUT2D eigenvalue weighted by atomic mass is 10.6. The van der Waals surface area contributed by atoms with Crippen LogP contribution < -0.4 is 17.0 Å². The summed E-state index contributed by atoms with van der Waals surface area (Å²) in [6, 6.07) is 0. The van der Waals surface area contributed by atoms with Gasteiger partial charge in [-0.3, -0.25) is 9.80 Å². The van der Waals surface area contributed by atoms with Gasteiger partial charge in [-0.25, -0.2) is 0 Å². The zero-order chi connectivity index (χ0) is 14.3. The van der Waals surface area contributed by atoms with E-state index in [9.17, 15) is 0 Å². The Balaban J connectivity index is 0. The lowest BCUT2D eigenvalue weighted by molar-refractivity contribution is -0.00000300. The summed E-state index contributed by atoms with van der Waals surface area (Å²) < 4.78 is 0. The van der Waals surface area contributed by atoms with Crippen LogP contribution in [0.25, 0.3) is 0 Å². The van der Waals surface area contributed by atoms with E-state index < -0.39 is 0 Å². The Morgan fingerprint density at radius 1 is 0.895 bits per heavy atom. The maximum atomic E-state index is 2.95. The summed E-state index contributed by atoms with van der Waals surface area (Å²) in [5.74, 6) is 0. The molecule has 0 spiro atoms. The van der Waals surface area contributed by atoms with Gasteiger partial charge in [-0.2, -0.15) is 0 Å². The number of halogens is 1. The van der Waals surface area contributed by atoms with Gasteiger partial charge >= 0.3 is 0 Å². The molecule has 1 saturated heterocycles. The summed E-state index contributed by atoms with van der Waals surface area (Å²) in [7, 11) is 19.8. The molecule has 0 aromatic heterocycles. The van der Waals surface area contributed by atoms with E-state index in [0.29, 0.717) is 0 Å². The molecule has 0 saturated carbocycles. The molecule has 1 fully saturated rings. The predicted octanol–water partition coefficient (Wildman–Crippen LogP) is 2.61. The molecule has 1 aliphatic rings. The van der Waals surface area contributed by atoms with Crippen LogP contribution in [0.2, 0.25) is 0 Å². The largest absolute Gasteiger partial charge is 1.00 e. The van der Waals surface area contributed by atoms with Gasteiger partial charge < -0.3 is 17.0 Å². The van der Waals surface area contributed by atoms with Gasteiger partial charge in [-0.1, -0.05) is 6.92 Å². The number of rotatable bonds is 4. The van der Waals surface area contributed by atoms with Gasteiger partial charge in [0.05, 0.1) is 6.67 Å². The molecule has 1 aliphatic heterocycles. The molecule has 1 rings (SSSR count). The molecule has 1 heterocycles. The average Bonchev–Trinajstić information content (AvgIpc) is 2.63. The molecule has 0 radical (unpaired) electrons. The third-order valence-electron chi connectivity index (χ3n) is 2.31. The fourth-order valence-corrected chi connectivity index (χ4v) is 88.0. The van der Waals surface area contributed by atoms with Gasteiger partial charge in [0.15, 0.2) is 0 Å². The molecule has 0 amide bonds. The first-order chi connectivity index (χ1) is 8.29. The second kappa shape index (κ2) is 15.0. The Hall–Kier alpha value is 4.70. The molecule has 0 aromatic rings. The minimum atomic E-state index is 0. The average molecular weight is 516 g/mol. The third-order valence-corrected chi connectivity index (χ3v) is 51.9. The molecular weight excluding hydrogens is 490 g/mol. The van der Waals surface area contributed by atoms with E-state index in [1.165, 1.54) is 19.6 Å². The Bertz CT molecular complexity index is 201. The first-order valence-corrected chi connectivity index (χ1v) is 22.6. The van der Waals surface area contributed by atoms with Crippen molar-refractivity contribution >= 4 is 81.5 Å². The third kappa shape index (κ3) is 12.7. The fourth-order valence-electron chi connectivity index (χ4n) is 1.41. The molecule has 0 bridgehead atoms. The van der Waals surface area contributed by atoms with E-state index >= 15 is 0 Å². The Labute approximate surface area is 148 Å². The van der Waals surface area contributed by atoms with Crippen LogP contribution in [0.15, 0.2) is 0 Å². The number of hydrogen-bond donors (Lipinski definition) is 0. The van der Waals surface area contributed by atoms with Crippen LogP contribution >= 0.6 is 81.5 Å². The summed E-state index contributed by atoms with van der Waals surface area (Å²) in [6.45, 7) is 7.69. The highest BCUT2D eigenvalue weighted by Gasteiger charge is 2.20. The van der Waals surface area contributed by atoms with Gasteiger partial charge in [0.25, 0.3) is 0 Å². The molecule has 13 heteroatoms. The van der Waals surface area contributed by atoms with E-state index in [2.05, 4.69) is 77.3 Å². The van der Waals surface area contributed by atoms with Crippen LogP contribution in [0.1, 0.15) is 6.92 Å². The van der Waals surface area contributed by atoms with Crippen molar-refractivity contribution in [2.75, 3.05) is 33.4 Å². The minimum absolute atomic E-state index is 0. The van der Waals surface area contributed by atoms with Crippen molar-refractivity contribution in [3.63, 3.8) is 0 Å². The maximum absolute atomic E-state index is 2.95. The van der Waals surface area contributed by atoms with Crippen LogP contribution in [0.5, 0.6) is 0 Å². The van der Waals surface area contributed by atoms with Crippen LogP contribution in [0, 0.1) is 0 Å². The predicted molar refractivity (Wildman–Crippen MR) is 121 cm³/mol. The molecule has 6 atom stereocenters. The molecule has 0 N–H and O–H groups in total. The zero-order valence-corrected chi connectivity index (χ0v) is 23.4. The Kier molecular flexibility index (Phi) is 20.5. The summed E-state index contributed by atoms with van der Waals surface area (Å²) >= 11 is 0. The molecule has 6 unspecified atom stereocenters. The highest BCUT2D eigenvalue weighted by Crippen LogP contribution is 3.10. The van der Waals surface area contributed by atoms with Gasteiger partial charge in [-0.05, 0) is 41.5 Å². The fraction of sp³-hybridized carbons (Fsp3) is 1.00. The van der Waals surface area contributed by atoms with Crippen molar-refractivity contribution in [2.24, 2.45) is 0 Å². The summed E-state index contributed by atoms with van der Waals surface area (Å²) in [4.78, 5) is 4.77. The highest BCUT2D eigenvalue weighted by molar-refractivity contribution is 9.16. The van der Waals surface area contributed by atoms with Crippen molar-refractivity contribution in [3.05, 3.63) is 0 Å². The second-order valence-corrected chi connectivity index (χ2v) is 40.5. The van der Waals surface area contributed by atoms with E-state index in [0.717, 1.165) is 6.67 Å². The van der Waals surface area contributed by atoms with Gasteiger partial charge in [-0.15, -0.1) is 53.6 Å². The van der Waals surface area contributed by atoms with E-state index in [-0.39, 0.29) is 44.9 Å². The molecule has 0 aliphatic carbocycles. The minimum Gasteiger partial charge on any atom is -1.00 e. The highest BCUT2D eigenvalue weighted by atomic mass is 79.9. The first-order valence-electron chi connectivity index (χ1n) is 5.38. The smallest absolute Gasteiger partial charge is 0.0504 e. The van der Waals surface area contributed by atoms with Gasteiger partial charge in [0, 0.05) is 13.1 Å². The van der Waals surface area contributed by atoms with Crippen molar-refractivity contribution in [2.45, 2.75) is 6.92 Å². The lowest BCUT2D eigenvalue weighted by Gasteiger charge is -2.27. The number of likely N-dealkylation sites (N-methyl/N-ethyl adjacent to an activating group) is 2. The summed E-state index contributed by atoms with van der Waals surface area (Å²) in [6.07, 6.45) is 0. The molecule has 19 heavy (non-hydrogen) atoms. The summed E-state index contributed by atoms with van der Waals surface area (Å²) in [5, 5.41) is 0. The quantitative estimate of drug-likeness (QED) is 0.531. The Morgan fingerprint density at radius 3 is 1.42 bits per heavy atom. The maximum Gasteiger partial charge on any atom is 0.0504 e. The molecule has 0 aromatic carbocycles. The van der Waals surface area contributed by atoms with Crippen molar-refractivity contribution in [1.29, 1.82) is 0 Å². The van der Waals surface area contributed by atoms with E-state index in [1.54, 1.807) is 0 Å². The molecule has 118 valence electrons. The SMILES string of the molecule is CCN1CCN(C)C1.PP(P)P(P(P)P)P(P)P.[Br-]. The second-order valence-electron chi connectivity index (χ2n) is 3.84. The summed E-state index contributed by atoms with van der Waals surface area (Å²) in [5.41, 5.74) is 0. The lowest BCUT2D eigenvalue weighted by Crippen LogP contribution is -3.00. The number of hydrogen-bond acceptors (Lipinski definition) is 2. The Morgan fingerprint density at radius 2 is 1.32 bits per heavy atom.